The average molecular weight is 331 g/mol. The van der Waals surface area contributed by atoms with Gasteiger partial charge in [0, 0.05) is 27.7 Å². The van der Waals surface area contributed by atoms with Crippen LogP contribution in [0, 0.1) is 0 Å². The molecule has 0 fully saturated rings. The van der Waals surface area contributed by atoms with Crippen molar-refractivity contribution in [3.8, 4) is 0 Å². The van der Waals surface area contributed by atoms with Crippen molar-refractivity contribution in [3.05, 3.63) is 59.9 Å². The second-order valence-electron chi connectivity index (χ2n) is 4.78. The molecular weight excluding hydrogens is 319 g/mol. The minimum Gasteiger partial charge on any atom is -0.355 e. The lowest BCUT2D eigenvalue weighted by Crippen LogP contribution is -1.93. The van der Waals surface area contributed by atoms with Crippen molar-refractivity contribution in [2.75, 3.05) is 5.32 Å². The van der Waals surface area contributed by atoms with E-state index in [2.05, 4.69) is 20.5 Å². The number of nitrogens with one attached hydrogen (secondary N) is 2. The normalized spacial score (nSPS) is 10.6. The van der Waals surface area contributed by atoms with E-state index >= 15 is 0 Å². The molecule has 0 spiro atoms. The van der Waals surface area contributed by atoms with Crippen LogP contribution in [0.4, 0.5) is 11.4 Å². The standard InChI is InChI=1S/C16H11ClN4.ClH/c17-11-2-4-12(5-3-11)20-14-7-8-18-13-6-1-10-9-19-21-16(10)15(13)14;/h1-9H,(H,18,20)(H,19,21);1H. The van der Waals surface area contributed by atoms with Gasteiger partial charge in [-0.1, -0.05) is 11.6 Å². The number of halogens is 2. The lowest BCUT2D eigenvalue weighted by atomic mass is 10.1. The first-order chi connectivity index (χ1) is 10.3. The number of rotatable bonds is 2. The molecule has 4 nitrogen and oxygen atoms in total. The number of nitrogens with zero attached hydrogens (tertiary/aromatic N) is 2. The molecule has 2 heterocycles. The maximum Gasteiger partial charge on any atom is 0.0765 e. The van der Waals surface area contributed by atoms with E-state index in [1.807, 2.05) is 48.7 Å². The van der Waals surface area contributed by atoms with Gasteiger partial charge in [0.2, 0.25) is 0 Å². The molecule has 0 saturated carbocycles. The zero-order valence-corrected chi connectivity index (χ0v) is 12.9. The summed E-state index contributed by atoms with van der Waals surface area (Å²) >= 11 is 5.92. The average Bonchev–Trinajstić information content (AvgIpc) is 2.98. The number of anilines is 2. The van der Waals surface area contributed by atoms with E-state index in [4.69, 9.17) is 11.6 Å². The molecule has 0 saturated heterocycles. The summed E-state index contributed by atoms with van der Waals surface area (Å²) in [6.07, 6.45) is 3.61. The monoisotopic (exact) mass is 330 g/mol. The Kier molecular flexibility index (Phi) is 3.88. The fraction of sp³-hybridized carbons (Fsp3) is 0. The Morgan fingerprint density at radius 3 is 2.64 bits per heavy atom. The van der Waals surface area contributed by atoms with Crippen molar-refractivity contribution in [2.24, 2.45) is 0 Å². The molecular formula is C16H12Cl2N4. The Morgan fingerprint density at radius 1 is 1.00 bits per heavy atom. The molecule has 0 amide bonds. The Bertz CT molecular complexity index is 932. The molecule has 4 rings (SSSR count). The largest absolute Gasteiger partial charge is 0.355 e. The van der Waals surface area contributed by atoms with Gasteiger partial charge in [-0.3, -0.25) is 10.1 Å². The minimum atomic E-state index is 0. The number of hydrogen-bond donors (Lipinski definition) is 2. The van der Waals surface area contributed by atoms with Crippen LogP contribution in [0.1, 0.15) is 0 Å². The van der Waals surface area contributed by atoms with Crippen LogP contribution >= 0.6 is 24.0 Å². The first-order valence-corrected chi connectivity index (χ1v) is 6.92. The predicted molar refractivity (Wildman–Crippen MR) is 93.4 cm³/mol. The van der Waals surface area contributed by atoms with Gasteiger partial charge < -0.3 is 5.32 Å². The summed E-state index contributed by atoms with van der Waals surface area (Å²) in [5, 5.41) is 13.4. The van der Waals surface area contributed by atoms with Crippen LogP contribution < -0.4 is 5.32 Å². The van der Waals surface area contributed by atoms with Crippen LogP contribution in [0.3, 0.4) is 0 Å². The second-order valence-corrected chi connectivity index (χ2v) is 5.22. The summed E-state index contributed by atoms with van der Waals surface area (Å²) < 4.78 is 0. The van der Waals surface area contributed by atoms with E-state index in [-0.39, 0.29) is 12.4 Å². The van der Waals surface area contributed by atoms with Crippen LogP contribution in [-0.2, 0) is 0 Å². The molecule has 2 N–H and O–H groups in total. The van der Waals surface area contributed by atoms with Crippen molar-refractivity contribution >= 4 is 57.2 Å². The fourth-order valence-corrected chi connectivity index (χ4v) is 2.58. The SMILES string of the molecule is Cl.Clc1ccc(Nc2ccnc3ccc4cn[nH]c4c23)cc1. The molecule has 2 aromatic carbocycles. The molecule has 110 valence electrons. The van der Waals surface area contributed by atoms with Crippen molar-refractivity contribution in [3.63, 3.8) is 0 Å². The van der Waals surface area contributed by atoms with Crippen LogP contribution in [0.2, 0.25) is 5.02 Å². The lowest BCUT2D eigenvalue weighted by molar-refractivity contribution is 1.12. The van der Waals surface area contributed by atoms with Crippen molar-refractivity contribution in [1.82, 2.24) is 15.2 Å². The van der Waals surface area contributed by atoms with Crippen molar-refractivity contribution in [2.45, 2.75) is 0 Å². The molecule has 0 aliphatic rings. The summed E-state index contributed by atoms with van der Waals surface area (Å²) in [7, 11) is 0. The molecule has 0 aliphatic heterocycles. The highest BCUT2D eigenvalue weighted by Crippen LogP contribution is 2.30. The summed E-state index contributed by atoms with van der Waals surface area (Å²) in [5.41, 5.74) is 3.86. The highest BCUT2D eigenvalue weighted by Gasteiger charge is 2.08. The highest BCUT2D eigenvalue weighted by atomic mass is 35.5. The van der Waals surface area contributed by atoms with E-state index in [9.17, 15) is 0 Å². The summed E-state index contributed by atoms with van der Waals surface area (Å²) in [6.45, 7) is 0. The third-order valence-electron chi connectivity index (χ3n) is 3.44. The number of fused-ring (bicyclic) bond motifs is 3. The number of H-pyrrole nitrogens is 1. The van der Waals surface area contributed by atoms with E-state index in [1.165, 1.54) is 0 Å². The first-order valence-electron chi connectivity index (χ1n) is 6.55. The van der Waals surface area contributed by atoms with E-state index in [0.717, 1.165) is 38.2 Å². The number of pyridine rings is 1. The lowest BCUT2D eigenvalue weighted by Gasteiger charge is -2.10. The maximum atomic E-state index is 5.92. The Labute approximate surface area is 137 Å². The van der Waals surface area contributed by atoms with Crippen LogP contribution in [0.25, 0.3) is 21.8 Å². The van der Waals surface area contributed by atoms with Gasteiger partial charge in [-0.25, -0.2) is 0 Å². The van der Waals surface area contributed by atoms with Gasteiger partial charge >= 0.3 is 0 Å². The minimum absolute atomic E-state index is 0. The van der Waals surface area contributed by atoms with E-state index in [0.29, 0.717) is 0 Å². The summed E-state index contributed by atoms with van der Waals surface area (Å²) in [4.78, 5) is 4.42. The van der Waals surface area contributed by atoms with E-state index in [1.54, 1.807) is 6.20 Å². The molecule has 6 heteroatoms. The molecule has 4 aromatic rings. The maximum absolute atomic E-state index is 5.92. The Balaban J connectivity index is 0.00000144. The van der Waals surface area contributed by atoms with Crippen LogP contribution in [0.15, 0.2) is 54.9 Å². The number of hydrogen-bond acceptors (Lipinski definition) is 3. The molecule has 22 heavy (non-hydrogen) atoms. The summed E-state index contributed by atoms with van der Waals surface area (Å²) in [6, 6.07) is 13.6. The van der Waals surface area contributed by atoms with Gasteiger partial charge in [0.1, 0.15) is 0 Å². The second kappa shape index (κ2) is 5.83. The smallest absolute Gasteiger partial charge is 0.0765 e. The molecule has 0 unspecified atom stereocenters. The predicted octanol–water partition coefficient (Wildman–Crippen LogP) is 4.93. The van der Waals surface area contributed by atoms with Gasteiger partial charge in [-0.15, -0.1) is 12.4 Å². The zero-order valence-electron chi connectivity index (χ0n) is 11.4. The Morgan fingerprint density at radius 2 is 1.82 bits per heavy atom. The van der Waals surface area contributed by atoms with Gasteiger partial charge in [0.15, 0.2) is 0 Å². The molecule has 0 radical (unpaired) electrons. The number of aromatic nitrogens is 3. The molecule has 0 aliphatic carbocycles. The molecule has 2 aromatic heterocycles. The molecule has 0 bridgehead atoms. The first kappa shape index (κ1) is 14.6. The third-order valence-corrected chi connectivity index (χ3v) is 3.69. The van der Waals surface area contributed by atoms with Gasteiger partial charge in [0.25, 0.3) is 0 Å². The Hall–Kier alpha value is -2.30. The van der Waals surface area contributed by atoms with Gasteiger partial charge in [-0.2, -0.15) is 5.10 Å². The fourth-order valence-electron chi connectivity index (χ4n) is 2.45. The quantitative estimate of drug-likeness (QED) is 0.547. The third kappa shape index (κ3) is 2.47. The number of benzene rings is 2. The zero-order chi connectivity index (χ0) is 14.2. The van der Waals surface area contributed by atoms with Crippen molar-refractivity contribution in [1.29, 1.82) is 0 Å². The van der Waals surface area contributed by atoms with Gasteiger partial charge in [0.05, 0.1) is 22.9 Å². The highest BCUT2D eigenvalue weighted by molar-refractivity contribution is 6.30. The topological polar surface area (TPSA) is 53.6 Å². The van der Waals surface area contributed by atoms with Gasteiger partial charge in [-0.05, 0) is 42.5 Å². The van der Waals surface area contributed by atoms with Crippen LogP contribution in [0.5, 0.6) is 0 Å². The number of aromatic amines is 1. The van der Waals surface area contributed by atoms with Crippen LogP contribution in [-0.4, -0.2) is 15.2 Å². The van der Waals surface area contributed by atoms with Crippen molar-refractivity contribution < 1.29 is 0 Å². The molecule has 0 atom stereocenters. The summed E-state index contributed by atoms with van der Waals surface area (Å²) in [5.74, 6) is 0. The van der Waals surface area contributed by atoms with E-state index < -0.39 is 0 Å².